The topological polar surface area (TPSA) is 37.8 Å². The molecular weight excluding hydrogens is 234 g/mol. The quantitative estimate of drug-likeness (QED) is 0.894. The Kier molecular flexibility index (Phi) is 3.30. The Hall–Kier alpha value is -1.74. The number of rotatable bonds is 2. The zero-order chi connectivity index (χ0) is 13.2. The fourth-order valence-electron chi connectivity index (χ4n) is 2.54. The van der Waals surface area contributed by atoms with Crippen LogP contribution in [0.15, 0.2) is 30.6 Å². The van der Waals surface area contributed by atoms with Gasteiger partial charge >= 0.3 is 0 Å². The lowest BCUT2D eigenvalue weighted by Gasteiger charge is -2.18. The van der Waals surface area contributed by atoms with Crippen LogP contribution in [0, 0.1) is 0 Å². The molecule has 1 aromatic heterocycles. The predicted molar refractivity (Wildman–Crippen MR) is 77.0 cm³/mol. The van der Waals surface area contributed by atoms with Crippen molar-refractivity contribution in [2.45, 2.75) is 32.7 Å². The van der Waals surface area contributed by atoms with Gasteiger partial charge in [0.15, 0.2) is 0 Å². The molecule has 3 nitrogen and oxygen atoms in total. The first-order valence-corrected chi connectivity index (χ1v) is 6.89. The predicted octanol–water partition coefficient (Wildman–Crippen LogP) is 2.91. The average molecular weight is 253 g/mol. The molecule has 3 heteroatoms. The highest BCUT2D eigenvalue weighted by Crippen LogP contribution is 2.26. The van der Waals surface area contributed by atoms with E-state index in [1.807, 2.05) is 0 Å². The average Bonchev–Trinajstić information content (AvgIpc) is 2.47. The maximum absolute atomic E-state index is 4.49. The summed E-state index contributed by atoms with van der Waals surface area (Å²) in [6.45, 7) is 6.31. The largest absolute Gasteiger partial charge is 0.312 e. The smallest absolute Gasteiger partial charge is 0.116 e. The van der Waals surface area contributed by atoms with Crippen LogP contribution in [0.4, 0.5) is 0 Å². The van der Waals surface area contributed by atoms with Gasteiger partial charge in [-0.3, -0.25) is 0 Å². The minimum absolute atomic E-state index is 0.565. The molecular formula is C16H19N3. The van der Waals surface area contributed by atoms with Crippen molar-refractivity contribution in [3.63, 3.8) is 0 Å². The summed E-state index contributed by atoms with van der Waals surface area (Å²) in [5, 5.41) is 3.40. The van der Waals surface area contributed by atoms with Crippen LogP contribution >= 0.6 is 0 Å². The van der Waals surface area contributed by atoms with Gasteiger partial charge < -0.3 is 5.32 Å². The van der Waals surface area contributed by atoms with Gasteiger partial charge in [-0.25, -0.2) is 9.97 Å². The summed E-state index contributed by atoms with van der Waals surface area (Å²) in [6.07, 6.45) is 2.69. The van der Waals surface area contributed by atoms with Crippen LogP contribution in [0.3, 0.4) is 0 Å². The van der Waals surface area contributed by atoms with Crippen molar-refractivity contribution < 1.29 is 0 Å². The minimum atomic E-state index is 0.565. The molecule has 1 aliphatic heterocycles. The van der Waals surface area contributed by atoms with Crippen LogP contribution in [0.25, 0.3) is 11.3 Å². The molecule has 0 amide bonds. The van der Waals surface area contributed by atoms with Crippen molar-refractivity contribution in [1.29, 1.82) is 0 Å². The first-order valence-electron chi connectivity index (χ1n) is 6.89. The Morgan fingerprint density at radius 3 is 2.63 bits per heavy atom. The molecule has 98 valence electrons. The van der Waals surface area contributed by atoms with E-state index in [1.54, 1.807) is 6.33 Å². The number of nitrogens with zero attached hydrogens (tertiary/aromatic N) is 2. The highest BCUT2D eigenvalue weighted by molar-refractivity contribution is 5.64. The molecule has 1 aromatic carbocycles. The molecule has 0 atom stereocenters. The van der Waals surface area contributed by atoms with Crippen LogP contribution in [0.1, 0.15) is 36.6 Å². The Bertz CT molecular complexity index is 573. The van der Waals surface area contributed by atoms with Crippen molar-refractivity contribution in [2.24, 2.45) is 0 Å². The molecule has 3 rings (SSSR count). The summed E-state index contributed by atoms with van der Waals surface area (Å²) in [5.74, 6) is 0.565. The lowest BCUT2D eigenvalue weighted by atomic mass is 9.97. The van der Waals surface area contributed by atoms with Crippen LogP contribution in [0.2, 0.25) is 0 Å². The maximum atomic E-state index is 4.49. The van der Waals surface area contributed by atoms with E-state index in [-0.39, 0.29) is 0 Å². The van der Waals surface area contributed by atoms with Gasteiger partial charge in [0, 0.05) is 30.6 Å². The maximum Gasteiger partial charge on any atom is 0.116 e. The molecule has 1 N–H and O–H groups in total. The van der Waals surface area contributed by atoms with E-state index in [0.717, 1.165) is 25.2 Å². The van der Waals surface area contributed by atoms with Gasteiger partial charge in [0.05, 0.1) is 11.4 Å². The second-order valence-corrected chi connectivity index (χ2v) is 5.35. The van der Waals surface area contributed by atoms with Crippen molar-refractivity contribution in [2.75, 3.05) is 6.54 Å². The zero-order valence-electron chi connectivity index (χ0n) is 11.5. The van der Waals surface area contributed by atoms with E-state index in [2.05, 4.69) is 53.4 Å². The van der Waals surface area contributed by atoms with E-state index >= 15 is 0 Å². The van der Waals surface area contributed by atoms with Gasteiger partial charge in [0.25, 0.3) is 0 Å². The third kappa shape index (κ3) is 2.38. The molecule has 0 bridgehead atoms. The van der Waals surface area contributed by atoms with Crippen LogP contribution in [-0.2, 0) is 13.0 Å². The van der Waals surface area contributed by atoms with E-state index < -0.39 is 0 Å². The number of aromatic nitrogens is 2. The van der Waals surface area contributed by atoms with Gasteiger partial charge in [-0.05, 0) is 11.5 Å². The van der Waals surface area contributed by atoms with Crippen molar-refractivity contribution in [1.82, 2.24) is 15.3 Å². The van der Waals surface area contributed by atoms with Crippen LogP contribution in [-0.4, -0.2) is 16.5 Å². The summed E-state index contributed by atoms with van der Waals surface area (Å²) >= 11 is 0. The van der Waals surface area contributed by atoms with Crippen molar-refractivity contribution in [3.05, 3.63) is 47.4 Å². The summed E-state index contributed by atoms with van der Waals surface area (Å²) in [7, 11) is 0. The first-order chi connectivity index (χ1) is 9.25. The Morgan fingerprint density at radius 2 is 1.89 bits per heavy atom. The van der Waals surface area contributed by atoms with Crippen molar-refractivity contribution in [3.8, 4) is 11.3 Å². The molecule has 1 aliphatic rings. The van der Waals surface area contributed by atoms with E-state index in [1.165, 1.54) is 22.4 Å². The van der Waals surface area contributed by atoms with E-state index in [0.29, 0.717) is 5.92 Å². The number of hydrogen-bond acceptors (Lipinski definition) is 3. The third-order valence-electron chi connectivity index (χ3n) is 3.73. The van der Waals surface area contributed by atoms with Gasteiger partial charge in [-0.2, -0.15) is 0 Å². The Morgan fingerprint density at radius 1 is 1.11 bits per heavy atom. The highest BCUT2D eigenvalue weighted by Gasteiger charge is 2.16. The molecule has 2 heterocycles. The lowest BCUT2D eigenvalue weighted by Crippen LogP contribution is -2.25. The van der Waals surface area contributed by atoms with E-state index in [9.17, 15) is 0 Å². The standard InChI is InChI=1S/C16H19N3/c1-11(2)12-3-5-13(6-4-12)16-14-9-17-8-7-15(14)18-10-19-16/h3-6,10-11,17H,7-9H2,1-2H3. The lowest BCUT2D eigenvalue weighted by molar-refractivity contribution is 0.627. The molecule has 0 saturated carbocycles. The number of hydrogen-bond donors (Lipinski definition) is 1. The fraction of sp³-hybridized carbons (Fsp3) is 0.375. The summed E-state index contributed by atoms with van der Waals surface area (Å²) in [4.78, 5) is 8.89. The molecule has 0 unspecified atom stereocenters. The summed E-state index contributed by atoms with van der Waals surface area (Å²) < 4.78 is 0. The monoisotopic (exact) mass is 253 g/mol. The van der Waals surface area contributed by atoms with Crippen LogP contribution < -0.4 is 5.32 Å². The van der Waals surface area contributed by atoms with E-state index in [4.69, 9.17) is 0 Å². The second-order valence-electron chi connectivity index (χ2n) is 5.35. The summed E-state index contributed by atoms with van der Waals surface area (Å²) in [6, 6.07) is 8.74. The first kappa shape index (κ1) is 12.3. The normalized spacial score (nSPS) is 14.5. The second kappa shape index (κ2) is 5.10. The Balaban J connectivity index is 2.02. The highest BCUT2D eigenvalue weighted by atomic mass is 14.9. The van der Waals surface area contributed by atoms with Crippen LogP contribution in [0.5, 0.6) is 0 Å². The molecule has 19 heavy (non-hydrogen) atoms. The number of nitrogens with one attached hydrogen (secondary N) is 1. The fourth-order valence-corrected chi connectivity index (χ4v) is 2.54. The van der Waals surface area contributed by atoms with Gasteiger partial charge in [-0.15, -0.1) is 0 Å². The van der Waals surface area contributed by atoms with Gasteiger partial charge in [0.2, 0.25) is 0 Å². The number of fused-ring (bicyclic) bond motifs is 1. The molecule has 0 radical (unpaired) electrons. The zero-order valence-corrected chi connectivity index (χ0v) is 11.5. The molecule has 0 fully saturated rings. The Labute approximate surface area is 114 Å². The van der Waals surface area contributed by atoms with Gasteiger partial charge in [-0.1, -0.05) is 38.1 Å². The summed E-state index contributed by atoms with van der Waals surface area (Å²) in [5.41, 5.74) is 6.08. The molecule has 0 aliphatic carbocycles. The van der Waals surface area contributed by atoms with Crippen molar-refractivity contribution >= 4 is 0 Å². The van der Waals surface area contributed by atoms with Gasteiger partial charge in [0.1, 0.15) is 6.33 Å². The SMILES string of the molecule is CC(C)c1ccc(-c2ncnc3c2CNCC3)cc1. The molecule has 0 spiro atoms. The number of benzene rings is 1. The third-order valence-corrected chi connectivity index (χ3v) is 3.73. The minimum Gasteiger partial charge on any atom is -0.312 e. The molecule has 0 saturated heterocycles. The molecule has 2 aromatic rings.